The lowest BCUT2D eigenvalue weighted by Crippen LogP contribution is -2.34. The normalized spacial score (nSPS) is 13.7. The van der Waals surface area contributed by atoms with Gasteiger partial charge in [0.1, 0.15) is 5.82 Å². The molecular weight excluding hydrogens is 451 g/mol. The van der Waals surface area contributed by atoms with E-state index >= 15 is 0 Å². The molecule has 31 heavy (non-hydrogen) atoms. The molecule has 162 valence electrons. The lowest BCUT2D eigenvalue weighted by molar-refractivity contribution is -0.670. The molecule has 4 rings (SSSR count). The molecular formula is C24H26Cl3N4+. The highest BCUT2D eigenvalue weighted by Gasteiger charge is 2.30. The van der Waals surface area contributed by atoms with Crippen LogP contribution < -0.4 is 14.4 Å². The van der Waals surface area contributed by atoms with Crippen LogP contribution in [0.5, 0.6) is 0 Å². The van der Waals surface area contributed by atoms with Crippen LogP contribution in [0.25, 0.3) is 17.1 Å². The average molecular weight is 477 g/mol. The van der Waals surface area contributed by atoms with Gasteiger partial charge >= 0.3 is 0 Å². The summed E-state index contributed by atoms with van der Waals surface area (Å²) in [6.45, 7) is 8.98. The van der Waals surface area contributed by atoms with Crippen molar-refractivity contribution in [3.05, 3.63) is 69.2 Å². The van der Waals surface area contributed by atoms with Gasteiger partial charge in [-0.1, -0.05) is 40.9 Å². The minimum absolute atomic E-state index is 0.574. The smallest absolute Gasteiger partial charge is 0.282 e. The highest BCUT2D eigenvalue weighted by Crippen LogP contribution is 2.45. The summed E-state index contributed by atoms with van der Waals surface area (Å²) >= 11 is 18.9. The Morgan fingerprint density at radius 3 is 2.06 bits per heavy atom. The van der Waals surface area contributed by atoms with Crippen molar-refractivity contribution in [2.45, 2.75) is 27.3 Å². The first kappa shape index (κ1) is 22.1. The third-order valence-corrected chi connectivity index (χ3v) is 6.76. The molecule has 0 saturated heterocycles. The number of allylic oxidation sites excluding steroid dienone is 2. The van der Waals surface area contributed by atoms with Gasteiger partial charge in [-0.2, -0.15) is 0 Å². The van der Waals surface area contributed by atoms with Crippen molar-refractivity contribution in [2.75, 3.05) is 22.9 Å². The predicted molar refractivity (Wildman–Crippen MR) is 133 cm³/mol. The summed E-state index contributed by atoms with van der Waals surface area (Å²) in [5.74, 6) is 2.23. The highest BCUT2D eigenvalue weighted by molar-refractivity contribution is 6.42. The van der Waals surface area contributed by atoms with Gasteiger partial charge in [-0.15, -0.1) is 0 Å². The minimum Gasteiger partial charge on any atom is -0.326 e. The molecule has 0 atom stereocenters. The SMILES string of the molecule is CCN1C(=CC=Cc2n(C)c3cc(Cl)ccc3[n+]2CC)N(CC)c2cc(Cl)c(Cl)cc21. The van der Waals surface area contributed by atoms with Gasteiger partial charge in [0.2, 0.25) is 0 Å². The molecule has 0 unspecified atom stereocenters. The molecule has 2 aromatic carbocycles. The van der Waals surface area contributed by atoms with E-state index in [4.69, 9.17) is 34.8 Å². The topological polar surface area (TPSA) is 15.3 Å². The zero-order chi connectivity index (χ0) is 22.3. The number of rotatable bonds is 5. The van der Waals surface area contributed by atoms with E-state index in [2.05, 4.69) is 71.0 Å². The second-order valence-corrected chi connectivity index (χ2v) is 8.67. The van der Waals surface area contributed by atoms with Crippen LogP contribution >= 0.6 is 34.8 Å². The number of aryl methyl sites for hydroxylation is 2. The maximum Gasteiger partial charge on any atom is 0.282 e. The fraction of sp³-hybridized carbons (Fsp3) is 0.292. The number of fused-ring (bicyclic) bond motifs is 2. The number of aromatic nitrogens is 2. The summed E-state index contributed by atoms with van der Waals surface area (Å²) in [6.07, 6.45) is 6.41. The number of nitrogens with zero attached hydrogens (tertiary/aromatic N) is 4. The van der Waals surface area contributed by atoms with Crippen molar-refractivity contribution >= 4 is 63.3 Å². The molecule has 2 heterocycles. The van der Waals surface area contributed by atoms with E-state index in [0.29, 0.717) is 10.0 Å². The first-order chi connectivity index (χ1) is 14.9. The monoisotopic (exact) mass is 475 g/mol. The van der Waals surface area contributed by atoms with Crippen LogP contribution in [0, 0.1) is 0 Å². The van der Waals surface area contributed by atoms with Gasteiger partial charge in [0, 0.05) is 30.3 Å². The van der Waals surface area contributed by atoms with E-state index < -0.39 is 0 Å². The largest absolute Gasteiger partial charge is 0.326 e. The fourth-order valence-electron chi connectivity index (χ4n) is 4.37. The van der Waals surface area contributed by atoms with E-state index in [9.17, 15) is 0 Å². The summed E-state index contributed by atoms with van der Waals surface area (Å²) in [6, 6.07) is 9.94. The van der Waals surface area contributed by atoms with E-state index in [1.165, 1.54) is 5.52 Å². The van der Waals surface area contributed by atoms with Crippen LogP contribution in [0.15, 0.2) is 48.3 Å². The Labute approximate surface area is 198 Å². The molecule has 1 aliphatic heterocycles. The Morgan fingerprint density at radius 1 is 0.903 bits per heavy atom. The van der Waals surface area contributed by atoms with Crippen LogP contribution in [0.4, 0.5) is 11.4 Å². The van der Waals surface area contributed by atoms with Crippen LogP contribution in [0.1, 0.15) is 26.6 Å². The maximum atomic E-state index is 6.31. The lowest BCUT2D eigenvalue weighted by atomic mass is 10.2. The molecule has 0 spiro atoms. The fourth-order valence-corrected chi connectivity index (χ4v) is 4.85. The van der Waals surface area contributed by atoms with Crippen molar-refractivity contribution in [2.24, 2.45) is 7.05 Å². The summed E-state index contributed by atoms with van der Waals surface area (Å²) in [5, 5.41) is 1.89. The second-order valence-electron chi connectivity index (χ2n) is 7.42. The zero-order valence-corrected chi connectivity index (χ0v) is 20.4. The van der Waals surface area contributed by atoms with Gasteiger partial charge in [0.05, 0.1) is 35.0 Å². The first-order valence-corrected chi connectivity index (χ1v) is 11.6. The molecule has 0 fully saturated rings. The van der Waals surface area contributed by atoms with E-state index in [1.807, 2.05) is 24.3 Å². The zero-order valence-electron chi connectivity index (χ0n) is 18.2. The molecule has 3 aromatic rings. The van der Waals surface area contributed by atoms with E-state index in [0.717, 1.165) is 53.2 Å². The Hall–Kier alpha value is -2.14. The molecule has 0 amide bonds. The number of hydrogen-bond acceptors (Lipinski definition) is 2. The van der Waals surface area contributed by atoms with Gasteiger partial charge < -0.3 is 9.80 Å². The van der Waals surface area contributed by atoms with Crippen LogP contribution in [0.2, 0.25) is 15.1 Å². The molecule has 0 bridgehead atoms. The Kier molecular flexibility index (Phi) is 6.25. The van der Waals surface area contributed by atoms with Crippen molar-refractivity contribution < 1.29 is 4.57 Å². The number of anilines is 2. The summed E-state index contributed by atoms with van der Waals surface area (Å²) in [5.41, 5.74) is 4.46. The number of hydrogen-bond donors (Lipinski definition) is 0. The second kappa shape index (κ2) is 8.78. The number of imidazole rings is 1. The molecule has 1 aromatic heterocycles. The average Bonchev–Trinajstić information content (AvgIpc) is 3.19. The van der Waals surface area contributed by atoms with Gasteiger partial charge in [0.15, 0.2) is 11.0 Å². The Bertz CT molecular complexity index is 1170. The van der Waals surface area contributed by atoms with E-state index in [1.54, 1.807) is 0 Å². The van der Waals surface area contributed by atoms with Crippen LogP contribution in [-0.4, -0.2) is 17.7 Å². The van der Waals surface area contributed by atoms with Gasteiger partial charge in [-0.05, 0) is 51.1 Å². The molecule has 0 saturated carbocycles. The van der Waals surface area contributed by atoms with Gasteiger partial charge in [0.25, 0.3) is 5.82 Å². The summed E-state index contributed by atoms with van der Waals surface area (Å²) in [4.78, 5) is 4.53. The minimum atomic E-state index is 0.574. The molecule has 1 aliphatic rings. The predicted octanol–water partition coefficient (Wildman–Crippen LogP) is 6.67. The number of halogens is 3. The molecule has 7 heteroatoms. The summed E-state index contributed by atoms with van der Waals surface area (Å²) < 4.78 is 4.47. The first-order valence-electron chi connectivity index (χ1n) is 10.5. The van der Waals surface area contributed by atoms with Crippen molar-refractivity contribution in [1.82, 2.24) is 4.57 Å². The van der Waals surface area contributed by atoms with Gasteiger partial charge in [-0.3, -0.25) is 0 Å². The van der Waals surface area contributed by atoms with Crippen molar-refractivity contribution in [1.29, 1.82) is 0 Å². The molecule has 0 radical (unpaired) electrons. The third-order valence-electron chi connectivity index (χ3n) is 5.80. The summed E-state index contributed by atoms with van der Waals surface area (Å²) in [7, 11) is 2.07. The maximum absolute atomic E-state index is 6.31. The highest BCUT2D eigenvalue weighted by atomic mass is 35.5. The van der Waals surface area contributed by atoms with E-state index in [-0.39, 0.29) is 0 Å². The quantitative estimate of drug-likeness (QED) is 0.382. The molecule has 0 N–H and O–H groups in total. The van der Waals surface area contributed by atoms with Gasteiger partial charge in [-0.25, -0.2) is 9.13 Å². The van der Waals surface area contributed by atoms with Crippen LogP contribution in [-0.2, 0) is 13.6 Å². The van der Waals surface area contributed by atoms with Crippen molar-refractivity contribution in [3.63, 3.8) is 0 Å². The third kappa shape index (κ3) is 3.71. The molecule has 0 aliphatic carbocycles. The Morgan fingerprint density at radius 2 is 1.52 bits per heavy atom. The van der Waals surface area contributed by atoms with Crippen molar-refractivity contribution in [3.8, 4) is 0 Å². The molecule has 4 nitrogen and oxygen atoms in total. The Balaban J connectivity index is 1.77. The lowest BCUT2D eigenvalue weighted by Gasteiger charge is -2.23. The van der Waals surface area contributed by atoms with Crippen LogP contribution in [0.3, 0.4) is 0 Å². The number of benzene rings is 2. The standard InChI is InChI=1S/C24H26Cl3N4/c1-5-29-19-12-11-16(25)13-20(19)28(4)23(29)9-8-10-24-30(6-2)21-14-17(26)18(27)15-22(21)31(24)7-3/h8-15H,5-7H2,1-4H3/q+1.